The average Bonchev–Trinajstić information content (AvgIpc) is 3.40. The average molecular weight is 399 g/mol. The Morgan fingerprint density at radius 1 is 0.839 bits per heavy atom. The number of anilines is 1. The van der Waals surface area contributed by atoms with Crippen molar-refractivity contribution < 1.29 is 4.58 Å². The highest BCUT2D eigenvalue weighted by atomic mass is 15.2. The molecule has 148 valence electrons. The molecule has 7 rings (SSSR count). The quantitative estimate of drug-likeness (QED) is 0.383. The van der Waals surface area contributed by atoms with Gasteiger partial charge in [0.05, 0.1) is 11.0 Å². The van der Waals surface area contributed by atoms with Gasteiger partial charge in [0.25, 0.3) is 0 Å². The maximum atomic E-state index is 2.67. The molecule has 3 aromatic carbocycles. The molecule has 3 aliphatic heterocycles. The summed E-state index contributed by atoms with van der Waals surface area (Å²) in [5, 5.41) is 0. The highest BCUT2D eigenvalue weighted by molar-refractivity contribution is 6.82. The highest BCUT2D eigenvalue weighted by Gasteiger charge is 2.74. The predicted octanol–water partition coefficient (Wildman–Crippen LogP) is 4.94. The van der Waals surface area contributed by atoms with Crippen molar-refractivity contribution in [2.75, 3.05) is 4.81 Å². The lowest BCUT2D eigenvalue weighted by atomic mass is 9.51. The summed E-state index contributed by atoms with van der Waals surface area (Å²) >= 11 is 0. The van der Waals surface area contributed by atoms with Crippen LogP contribution in [0.4, 0.5) is 11.4 Å². The van der Waals surface area contributed by atoms with Crippen molar-refractivity contribution in [2.24, 2.45) is 0 Å². The minimum absolute atomic E-state index is 0.0576. The lowest BCUT2D eigenvalue weighted by Gasteiger charge is -2.35. The Kier molecular flexibility index (Phi) is 3.18. The normalized spacial score (nSPS) is 26.6. The van der Waals surface area contributed by atoms with Crippen LogP contribution in [-0.4, -0.2) is 22.7 Å². The van der Waals surface area contributed by atoms with E-state index in [4.69, 9.17) is 0 Å². The molecule has 1 saturated carbocycles. The lowest BCUT2D eigenvalue weighted by molar-refractivity contribution is -0.502. The summed E-state index contributed by atoms with van der Waals surface area (Å²) in [4.78, 5) is 2.44. The SMILES string of the molecule is CC12CC1(C)[N+]1=C(c3ccccc3B3C=CC=CN3c3ccccc31)c1ccccc12. The third-order valence-electron chi connectivity index (χ3n) is 8.14. The van der Waals surface area contributed by atoms with E-state index in [9.17, 15) is 0 Å². The molecule has 0 N–H and O–H groups in total. The first-order valence-corrected chi connectivity index (χ1v) is 11.2. The Bertz CT molecular complexity index is 1370. The highest BCUT2D eigenvalue weighted by Crippen LogP contribution is 2.64. The van der Waals surface area contributed by atoms with Crippen molar-refractivity contribution in [2.45, 2.75) is 31.2 Å². The molecule has 0 saturated heterocycles. The monoisotopic (exact) mass is 399 g/mol. The van der Waals surface area contributed by atoms with Gasteiger partial charge >= 0.3 is 6.85 Å². The van der Waals surface area contributed by atoms with Gasteiger partial charge in [-0.1, -0.05) is 60.6 Å². The molecule has 2 unspecified atom stereocenters. The van der Waals surface area contributed by atoms with Crippen molar-refractivity contribution in [1.29, 1.82) is 0 Å². The van der Waals surface area contributed by atoms with E-state index in [1.54, 1.807) is 0 Å². The van der Waals surface area contributed by atoms with Crippen LogP contribution >= 0.6 is 0 Å². The molecule has 3 aromatic rings. The molecule has 2 atom stereocenters. The molecule has 31 heavy (non-hydrogen) atoms. The zero-order valence-electron chi connectivity index (χ0n) is 17.9. The first-order valence-electron chi connectivity index (χ1n) is 11.2. The van der Waals surface area contributed by atoms with Gasteiger partial charge in [-0.2, -0.15) is 4.58 Å². The first kappa shape index (κ1) is 17.4. The van der Waals surface area contributed by atoms with E-state index in [2.05, 4.69) is 120 Å². The van der Waals surface area contributed by atoms with Gasteiger partial charge in [-0.3, -0.25) is 0 Å². The molecule has 0 aromatic heterocycles. The Morgan fingerprint density at radius 3 is 2.48 bits per heavy atom. The van der Waals surface area contributed by atoms with Gasteiger partial charge < -0.3 is 4.81 Å². The fraction of sp³-hybridized carbons (Fsp3) is 0.179. The Morgan fingerprint density at radius 2 is 1.58 bits per heavy atom. The Balaban J connectivity index is 1.69. The second-order valence-corrected chi connectivity index (χ2v) is 9.67. The number of fused-ring (bicyclic) bond motifs is 12. The van der Waals surface area contributed by atoms with Crippen LogP contribution in [-0.2, 0) is 5.41 Å². The van der Waals surface area contributed by atoms with Gasteiger partial charge in [-0.15, -0.1) is 0 Å². The summed E-state index contributed by atoms with van der Waals surface area (Å²) < 4.78 is 2.67. The molecule has 4 aliphatic rings. The minimum atomic E-state index is 0.0576. The van der Waals surface area contributed by atoms with Gasteiger partial charge in [0.15, 0.2) is 5.54 Å². The standard InChI is InChI=1S/C28H24BN2/c1-27-19-28(27,2)31-25-16-8-7-15-24(25)30-18-10-9-17-29(30)23-14-6-4-12-21(23)26(31)20-11-3-5-13-22(20)27/h3-18H,19H2,1-2H3/q+1. The second kappa shape index (κ2) is 5.67. The zero-order valence-corrected chi connectivity index (χ0v) is 17.9. The fourth-order valence-electron chi connectivity index (χ4n) is 6.37. The van der Waals surface area contributed by atoms with Crippen LogP contribution in [0.25, 0.3) is 0 Å². The zero-order chi connectivity index (χ0) is 20.8. The van der Waals surface area contributed by atoms with Crippen LogP contribution in [0, 0.1) is 0 Å². The summed E-state index contributed by atoms with van der Waals surface area (Å²) in [6, 6.07) is 27.0. The summed E-state index contributed by atoms with van der Waals surface area (Å²) in [5.74, 6) is 2.32. The number of hydrogen-bond donors (Lipinski definition) is 0. The summed E-state index contributed by atoms with van der Waals surface area (Å²) in [5.41, 5.74) is 9.73. The molecule has 0 bridgehead atoms. The predicted molar refractivity (Wildman–Crippen MR) is 129 cm³/mol. The van der Waals surface area contributed by atoms with Gasteiger partial charge in [0, 0.05) is 25.0 Å². The molecular formula is C28H24BN2+. The second-order valence-electron chi connectivity index (χ2n) is 9.67. The van der Waals surface area contributed by atoms with Gasteiger partial charge in [0.2, 0.25) is 11.4 Å². The van der Waals surface area contributed by atoms with Crippen molar-refractivity contribution in [3.63, 3.8) is 0 Å². The number of nitrogens with zero attached hydrogens (tertiary/aromatic N) is 2. The molecule has 0 spiro atoms. The van der Waals surface area contributed by atoms with E-state index in [-0.39, 0.29) is 17.8 Å². The van der Waals surface area contributed by atoms with Crippen LogP contribution < -0.4 is 10.3 Å². The summed E-state index contributed by atoms with van der Waals surface area (Å²) in [7, 11) is 0. The Hall–Kier alpha value is -3.33. The van der Waals surface area contributed by atoms with Crippen LogP contribution in [0.1, 0.15) is 37.0 Å². The van der Waals surface area contributed by atoms with Gasteiger partial charge in [-0.25, -0.2) is 0 Å². The minimum Gasteiger partial charge on any atom is -0.378 e. The number of hydrogen-bond acceptors (Lipinski definition) is 1. The summed E-state index contributed by atoms with van der Waals surface area (Å²) in [6.45, 7) is 5.08. The van der Waals surface area contributed by atoms with E-state index >= 15 is 0 Å². The number of rotatable bonds is 0. The molecule has 3 heterocycles. The first-order chi connectivity index (χ1) is 15.1. The summed E-state index contributed by atoms with van der Waals surface area (Å²) in [6.07, 6.45) is 7.73. The van der Waals surface area contributed by atoms with E-state index in [1.165, 1.54) is 39.2 Å². The molecule has 1 aliphatic carbocycles. The third kappa shape index (κ3) is 2.02. The topological polar surface area (TPSA) is 6.25 Å². The molecule has 3 heteroatoms. The number of benzene rings is 3. The van der Waals surface area contributed by atoms with Crippen molar-refractivity contribution in [3.8, 4) is 0 Å². The molecule has 2 nitrogen and oxygen atoms in total. The van der Waals surface area contributed by atoms with Crippen molar-refractivity contribution in [1.82, 2.24) is 0 Å². The van der Waals surface area contributed by atoms with Gasteiger partial charge in [0.1, 0.15) is 5.69 Å². The van der Waals surface area contributed by atoms with E-state index in [0.717, 1.165) is 6.42 Å². The third-order valence-corrected chi connectivity index (χ3v) is 8.14. The van der Waals surface area contributed by atoms with Crippen LogP contribution in [0.15, 0.2) is 97.1 Å². The lowest BCUT2D eigenvalue weighted by Crippen LogP contribution is -2.52. The van der Waals surface area contributed by atoms with Crippen molar-refractivity contribution >= 4 is 29.4 Å². The van der Waals surface area contributed by atoms with Crippen LogP contribution in [0.5, 0.6) is 0 Å². The van der Waals surface area contributed by atoms with Crippen LogP contribution in [0.3, 0.4) is 0 Å². The number of allylic oxidation sites excluding steroid dienone is 2. The molecule has 0 amide bonds. The fourth-order valence-corrected chi connectivity index (χ4v) is 6.37. The van der Waals surface area contributed by atoms with Crippen LogP contribution in [0.2, 0.25) is 0 Å². The van der Waals surface area contributed by atoms with E-state index < -0.39 is 0 Å². The van der Waals surface area contributed by atoms with E-state index in [0.29, 0.717) is 0 Å². The number of para-hydroxylation sites is 2. The maximum Gasteiger partial charge on any atom is 0.321 e. The smallest absolute Gasteiger partial charge is 0.321 e. The molecule has 1 fully saturated rings. The van der Waals surface area contributed by atoms with Crippen molar-refractivity contribution in [3.05, 3.63) is 114 Å². The van der Waals surface area contributed by atoms with Gasteiger partial charge in [-0.05, 0) is 48.4 Å². The molecule has 0 radical (unpaired) electrons. The van der Waals surface area contributed by atoms with E-state index in [1.807, 2.05) is 0 Å². The largest absolute Gasteiger partial charge is 0.378 e. The molecular weight excluding hydrogens is 375 g/mol. The maximum absolute atomic E-state index is 2.67. The Labute approximate surface area is 184 Å².